The van der Waals surface area contributed by atoms with E-state index >= 15 is 0 Å². The van der Waals surface area contributed by atoms with E-state index in [1.165, 1.54) is 4.90 Å². The molecule has 5 rings (SSSR count). The van der Waals surface area contributed by atoms with Gasteiger partial charge in [-0.3, -0.25) is 14.4 Å². The smallest absolute Gasteiger partial charge is 0.245 e. The first-order valence-corrected chi connectivity index (χ1v) is 13.7. The predicted molar refractivity (Wildman–Crippen MR) is 142 cm³/mol. The predicted octanol–water partition coefficient (Wildman–Crippen LogP) is 2.20. The lowest BCUT2D eigenvalue weighted by atomic mass is 9.70. The zero-order chi connectivity index (χ0) is 26.7. The first kappa shape index (κ1) is 26.4. The van der Waals surface area contributed by atoms with Crippen molar-refractivity contribution < 1.29 is 24.2 Å². The number of nitrogens with one attached hydrogen (secondary N) is 2. The summed E-state index contributed by atoms with van der Waals surface area (Å²) in [6.07, 6.45) is 2.89. The number of hydrogen-bond donors (Lipinski definition) is 3. The first-order chi connectivity index (χ1) is 18.5. The topological polar surface area (TPSA) is 108 Å². The van der Waals surface area contributed by atoms with Crippen LogP contribution < -0.4 is 10.6 Å². The Morgan fingerprint density at radius 3 is 2.39 bits per heavy atom. The van der Waals surface area contributed by atoms with E-state index in [2.05, 4.69) is 10.6 Å². The van der Waals surface area contributed by atoms with Crippen molar-refractivity contribution in [1.29, 1.82) is 0 Å². The van der Waals surface area contributed by atoms with Crippen molar-refractivity contribution in [1.82, 2.24) is 15.5 Å². The van der Waals surface area contributed by atoms with Crippen LogP contribution in [0, 0.1) is 11.8 Å². The van der Waals surface area contributed by atoms with Crippen molar-refractivity contribution in [3.05, 3.63) is 71.8 Å². The molecule has 2 bridgehead atoms. The van der Waals surface area contributed by atoms with Gasteiger partial charge in [-0.05, 0) is 36.8 Å². The Kier molecular flexibility index (Phi) is 7.81. The van der Waals surface area contributed by atoms with E-state index in [1.807, 2.05) is 67.6 Å². The number of aliphatic hydroxyl groups is 1. The highest BCUT2D eigenvalue weighted by Gasteiger charge is 2.75. The third kappa shape index (κ3) is 4.71. The zero-order valence-corrected chi connectivity index (χ0v) is 21.8. The van der Waals surface area contributed by atoms with Crippen molar-refractivity contribution in [2.75, 3.05) is 13.2 Å². The van der Waals surface area contributed by atoms with E-state index < -0.39 is 35.6 Å². The monoisotopic (exact) mass is 519 g/mol. The fourth-order valence-electron chi connectivity index (χ4n) is 6.61. The largest absolute Gasteiger partial charge is 0.394 e. The number of nitrogens with zero attached hydrogens (tertiary/aromatic N) is 1. The number of likely N-dealkylation sites (tertiary alicyclic amines) is 1. The minimum Gasteiger partial charge on any atom is -0.394 e. The summed E-state index contributed by atoms with van der Waals surface area (Å²) in [6.45, 7) is 2.61. The average Bonchev–Trinajstić information content (AvgIpc) is 3.59. The van der Waals surface area contributed by atoms with Gasteiger partial charge < -0.3 is 25.4 Å². The van der Waals surface area contributed by atoms with Gasteiger partial charge >= 0.3 is 0 Å². The molecule has 38 heavy (non-hydrogen) atoms. The number of carbonyl (C=O) groups excluding carboxylic acids is 3. The number of unbranched alkanes of at least 4 members (excludes halogenated alkanes) is 1. The van der Waals surface area contributed by atoms with E-state index in [1.54, 1.807) is 0 Å². The zero-order valence-electron chi connectivity index (χ0n) is 21.8. The Morgan fingerprint density at radius 2 is 1.74 bits per heavy atom. The average molecular weight is 520 g/mol. The molecule has 3 saturated heterocycles. The number of amides is 3. The first-order valence-electron chi connectivity index (χ1n) is 13.7. The molecule has 0 radical (unpaired) electrons. The normalized spacial score (nSPS) is 28.3. The molecule has 1 spiro atoms. The molecule has 2 unspecified atom stereocenters. The van der Waals surface area contributed by atoms with E-state index in [4.69, 9.17) is 4.74 Å². The lowest BCUT2D eigenvalue weighted by Gasteiger charge is -2.36. The second-order valence-electron chi connectivity index (χ2n) is 10.7. The Hall–Kier alpha value is -3.23. The van der Waals surface area contributed by atoms with Crippen molar-refractivity contribution in [3.63, 3.8) is 0 Å². The molecule has 2 aromatic rings. The summed E-state index contributed by atoms with van der Waals surface area (Å²) in [7, 11) is 0. The van der Waals surface area contributed by atoms with E-state index in [0.29, 0.717) is 32.4 Å². The minimum atomic E-state index is -1.07. The number of fused-ring (bicyclic) bond motifs is 1. The molecule has 3 heterocycles. The highest BCUT2D eigenvalue weighted by atomic mass is 16.5. The molecule has 0 aliphatic carbocycles. The molecule has 3 N–H and O–H groups in total. The van der Waals surface area contributed by atoms with Gasteiger partial charge in [-0.1, -0.05) is 74.0 Å². The van der Waals surface area contributed by atoms with E-state index in [0.717, 1.165) is 24.0 Å². The standard InChI is InChI=1S/C30H37N3O5/c1-2-3-16-31-28(36)26-30-15-14-23(38-30)24(27(35)32-18-21-12-8-5-9-13-21)25(30)29(37)33(26)22(19-34)17-20-10-6-4-7-11-20/h4-13,22-26,34H,2-3,14-19H2,1H3,(H,31,36)(H,32,35)/t22-,23-,24+,25+,26?,30?/m1/s1. The van der Waals surface area contributed by atoms with Gasteiger partial charge in [0.25, 0.3) is 0 Å². The minimum absolute atomic E-state index is 0.227. The van der Waals surface area contributed by atoms with Crippen LogP contribution in [0.4, 0.5) is 0 Å². The summed E-state index contributed by atoms with van der Waals surface area (Å²) >= 11 is 0. The quantitative estimate of drug-likeness (QED) is 0.395. The summed E-state index contributed by atoms with van der Waals surface area (Å²) in [6, 6.07) is 17.8. The number of benzene rings is 2. The molecule has 3 aliphatic heterocycles. The fourth-order valence-corrected chi connectivity index (χ4v) is 6.61. The van der Waals surface area contributed by atoms with Gasteiger partial charge in [0.1, 0.15) is 11.6 Å². The highest BCUT2D eigenvalue weighted by Crippen LogP contribution is 2.58. The van der Waals surface area contributed by atoms with Gasteiger partial charge in [-0.25, -0.2) is 0 Å². The van der Waals surface area contributed by atoms with Gasteiger partial charge in [-0.15, -0.1) is 0 Å². The van der Waals surface area contributed by atoms with Gasteiger partial charge in [-0.2, -0.15) is 0 Å². The van der Waals surface area contributed by atoms with Crippen LogP contribution in [0.15, 0.2) is 60.7 Å². The lowest BCUT2D eigenvalue weighted by Crippen LogP contribution is -2.58. The van der Waals surface area contributed by atoms with Crippen molar-refractivity contribution in [2.45, 2.75) is 69.4 Å². The van der Waals surface area contributed by atoms with Gasteiger partial charge in [0.05, 0.1) is 30.6 Å². The lowest BCUT2D eigenvalue weighted by molar-refractivity contribution is -0.145. The van der Waals surface area contributed by atoms with Gasteiger partial charge in [0.15, 0.2) is 0 Å². The van der Waals surface area contributed by atoms with Crippen LogP contribution in [-0.4, -0.2) is 64.7 Å². The molecule has 0 saturated carbocycles. The number of rotatable bonds is 11. The molecule has 0 aromatic heterocycles. The maximum absolute atomic E-state index is 14.2. The SMILES string of the molecule is CCCCNC(=O)C1N([C@@H](CO)Cc2ccccc2)C(=O)[C@@H]2[C@@H](C(=O)NCc3ccccc3)[C@H]3CCC12O3. The Labute approximate surface area is 223 Å². The number of ether oxygens (including phenoxy) is 1. The molecule has 3 fully saturated rings. The van der Waals surface area contributed by atoms with Crippen molar-refractivity contribution >= 4 is 17.7 Å². The summed E-state index contributed by atoms with van der Waals surface area (Å²) in [5.74, 6) is -2.21. The van der Waals surface area contributed by atoms with Crippen LogP contribution in [0.5, 0.6) is 0 Å². The van der Waals surface area contributed by atoms with E-state index in [9.17, 15) is 19.5 Å². The van der Waals surface area contributed by atoms with Gasteiger partial charge in [0.2, 0.25) is 17.7 Å². The Bertz CT molecular complexity index is 1140. The fraction of sp³-hybridized carbons (Fsp3) is 0.500. The number of aliphatic hydroxyl groups excluding tert-OH is 1. The van der Waals surface area contributed by atoms with Gasteiger partial charge in [0, 0.05) is 13.1 Å². The van der Waals surface area contributed by atoms with Crippen LogP contribution in [0.2, 0.25) is 0 Å². The third-order valence-corrected chi connectivity index (χ3v) is 8.35. The summed E-state index contributed by atoms with van der Waals surface area (Å²) in [5, 5.41) is 16.5. The molecule has 8 heteroatoms. The maximum Gasteiger partial charge on any atom is 0.245 e. The molecular formula is C30H37N3O5. The molecule has 202 valence electrons. The molecule has 6 atom stereocenters. The Morgan fingerprint density at radius 1 is 1.05 bits per heavy atom. The summed E-state index contributed by atoms with van der Waals surface area (Å²) in [4.78, 5) is 42.9. The van der Waals surface area contributed by atoms with Crippen molar-refractivity contribution in [2.24, 2.45) is 11.8 Å². The van der Waals surface area contributed by atoms with Crippen LogP contribution in [0.3, 0.4) is 0 Å². The summed E-state index contributed by atoms with van der Waals surface area (Å²) in [5.41, 5.74) is 0.855. The van der Waals surface area contributed by atoms with Crippen LogP contribution in [0.1, 0.15) is 43.7 Å². The van der Waals surface area contributed by atoms with Crippen LogP contribution in [-0.2, 0) is 32.1 Å². The molecule has 8 nitrogen and oxygen atoms in total. The molecular weight excluding hydrogens is 482 g/mol. The molecule has 2 aromatic carbocycles. The second-order valence-corrected chi connectivity index (χ2v) is 10.7. The number of hydrogen-bond acceptors (Lipinski definition) is 5. The third-order valence-electron chi connectivity index (χ3n) is 8.35. The highest BCUT2D eigenvalue weighted by molar-refractivity contribution is 5.99. The molecule has 3 amide bonds. The van der Waals surface area contributed by atoms with Crippen LogP contribution >= 0.6 is 0 Å². The number of carbonyl (C=O) groups is 3. The van der Waals surface area contributed by atoms with Crippen LogP contribution in [0.25, 0.3) is 0 Å². The van der Waals surface area contributed by atoms with E-state index in [-0.39, 0.29) is 24.3 Å². The summed E-state index contributed by atoms with van der Waals surface area (Å²) < 4.78 is 6.49. The molecule has 3 aliphatic rings. The maximum atomic E-state index is 14.2. The Balaban J connectivity index is 1.44. The second kappa shape index (κ2) is 11.3. The van der Waals surface area contributed by atoms with Crippen molar-refractivity contribution in [3.8, 4) is 0 Å².